The van der Waals surface area contributed by atoms with E-state index in [-0.39, 0.29) is 17.4 Å². The molecule has 30 heavy (non-hydrogen) atoms. The summed E-state index contributed by atoms with van der Waals surface area (Å²) >= 11 is 0. The van der Waals surface area contributed by atoms with Crippen LogP contribution >= 0.6 is 0 Å². The first kappa shape index (κ1) is 19.6. The maximum absolute atomic E-state index is 13.1. The third kappa shape index (κ3) is 3.50. The number of aryl methyl sites for hydroxylation is 1. The molecule has 0 bridgehead atoms. The second-order valence-corrected chi connectivity index (χ2v) is 7.61. The van der Waals surface area contributed by atoms with Crippen molar-refractivity contribution in [2.45, 2.75) is 26.8 Å². The van der Waals surface area contributed by atoms with Gasteiger partial charge in [-0.05, 0) is 42.7 Å². The van der Waals surface area contributed by atoms with Gasteiger partial charge in [-0.3, -0.25) is 14.2 Å². The van der Waals surface area contributed by atoms with Crippen molar-refractivity contribution in [1.29, 1.82) is 0 Å². The molecule has 0 saturated heterocycles. The number of nitrogens with zero attached hydrogens (tertiary/aromatic N) is 2. The van der Waals surface area contributed by atoms with Crippen LogP contribution in [0.4, 0.5) is 5.69 Å². The van der Waals surface area contributed by atoms with Crippen molar-refractivity contribution in [2.75, 3.05) is 5.32 Å². The van der Waals surface area contributed by atoms with Gasteiger partial charge in [-0.15, -0.1) is 0 Å². The van der Waals surface area contributed by atoms with Crippen LogP contribution in [0.3, 0.4) is 0 Å². The Kier molecular flexibility index (Phi) is 4.95. The number of carbonyl (C=O) groups excluding carboxylic acids is 1. The van der Waals surface area contributed by atoms with Gasteiger partial charge in [0, 0.05) is 23.2 Å². The first-order chi connectivity index (χ1) is 14.3. The molecule has 1 amide bonds. The van der Waals surface area contributed by atoms with Crippen LogP contribution in [0.1, 0.15) is 25.5 Å². The van der Waals surface area contributed by atoms with Crippen molar-refractivity contribution >= 4 is 33.5 Å². The van der Waals surface area contributed by atoms with Crippen molar-refractivity contribution < 1.29 is 9.21 Å². The highest BCUT2D eigenvalue weighted by atomic mass is 16.4. The zero-order valence-corrected chi connectivity index (χ0v) is 16.9. The molecule has 152 valence electrons. The van der Waals surface area contributed by atoms with Crippen LogP contribution in [0.5, 0.6) is 0 Å². The van der Waals surface area contributed by atoms with Crippen LogP contribution in [0, 0.1) is 12.8 Å². The summed E-state index contributed by atoms with van der Waals surface area (Å²) in [6.07, 6.45) is 1.41. The number of amides is 1. The molecule has 0 saturated carbocycles. The number of nitrogens with one attached hydrogen (secondary N) is 1. The lowest BCUT2D eigenvalue weighted by Gasteiger charge is -2.22. The molecule has 0 radical (unpaired) electrons. The third-order valence-corrected chi connectivity index (χ3v) is 5.11. The molecule has 2 heterocycles. The summed E-state index contributed by atoms with van der Waals surface area (Å²) in [5, 5.41) is 4.09. The first-order valence-electron chi connectivity index (χ1n) is 9.66. The van der Waals surface area contributed by atoms with Crippen molar-refractivity contribution in [3.8, 4) is 0 Å². The SMILES string of the molecule is Cc1cc(=O)oc2cc(NC(=O)C(C(C)C)n3cnc4ccccc4c3=O)ccc12. The van der Waals surface area contributed by atoms with E-state index in [2.05, 4.69) is 10.3 Å². The summed E-state index contributed by atoms with van der Waals surface area (Å²) in [6.45, 7) is 5.56. The Morgan fingerprint density at radius 3 is 2.60 bits per heavy atom. The highest BCUT2D eigenvalue weighted by molar-refractivity contribution is 5.96. The number of hydrogen-bond acceptors (Lipinski definition) is 5. The van der Waals surface area contributed by atoms with E-state index in [4.69, 9.17) is 4.42 Å². The second-order valence-electron chi connectivity index (χ2n) is 7.61. The summed E-state index contributed by atoms with van der Waals surface area (Å²) in [4.78, 5) is 42.1. The monoisotopic (exact) mass is 403 g/mol. The molecule has 7 nitrogen and oxygen atoms in total. The average molecular weight is 403 g/mol. The highest BCUT2D eigenvalue weighted by Gasteiger charge is 2.26. The number of anilines is 1. The Bertz CT molecular complexity index is 1380. The van der Waals surface area contributed by atoms with E-state index in [1.54, 1.807) is 36.4 Å². The van der Waals surface area contributed by atoms with Crippen molar-refractivity contribution in [3.05, 3.63) is 81.2 Å². The topological polar surface area (TPSA) is 94.2 Å². The molecule has 4 aromatic rings. The van der Waals surface area contributed by atoms with Crippen LogP contribution in [-0.2, 0) is 4.79 Å². The summed E-state index contributed by atoms with van der Waals surface area (Å²) in [5.74, 6) is -0.509. The molecule has 2 aromatic carbocycles. The number of para-hydroxylation sites is 1. The number of carbonyl (C=O) groups is 1. The lowest BCUT2D eigenvalue weighted by molar-refractivity contribution is -0.120. The minimum Gasteiger partial charge on any atom is -0.423 e. The zero-order chi connectivity index (χ0) is 21.4. The molecular weight excluding hydrogens is 382 g/mol. The standard InChI is InChI=1S/C23H21N3O4/c1-13(2)21(26-12-24-18-7-5-4-6-17(18)23(26)29)22(28)25-15-8-9-16-14(3)10-20(27)30-19(16)11-15/h4-13,21H,1-3H3,(H,25,28). The molecule has 1 N–H and O–H groups in total. The van der Waals surface area contributed by atoms with Crippen LogP contribution < -0.4 is 16.5 Å². The summed E-state index contributed by atoms with van der Waals surface area (Å²) in [7, 11) is 0. The van der Waals surface area contributed by atoms with E-state index in [0.717, 1.165) is 10.9 Å². The van der Waals surface area contributed by atoms with Gasteiger partial charge in [-0.1, -0.05) is 26.0 Å². The lowest BCUT2D eigenvalue weighted by atomic mass is 10.0. The molecule has 0 fully saturated rings. The molecule has 7 heteroatoms. The zero-order valence-electron chi connectivity index (χ0n) is 16.9. The van der Waals surface area contributed by atoms with Gasteiger partial charge in [0.05, 0.1) is 17.2 Å². The van der Waals surface area contributed by atoms with Gasteiger partial charge in [0.1, 0.15) is 11.6 Å². The minimum absolute atomic E-state index is 0.161. The normalized spacial score (nSPS) is 12.4. The molecule has 0 aliphatic rings. The highest BCUT2D eigenvalue weighted by Crippen LogP contribution is 2.23. The fourth-order valence-corrected chi connectivity index (χ4v) is 3.65. The van der Waals surface area contributed by atoms with Gasteiger partial charge < -0.3 is 9.73 Å². The second kappa shape index (κ2) is 7.59. The van der Waals surface area contributed by atoms with Gasteiger partial charge in [-0.2, -0.15) is 0 Å². The smallest absolute Gasteiger partial charge is 0.336 e. The van der Waals surface area contributed by atoms with Crippen molar-refractivity contribution in [2.24, 2.45) is 5.92 Å². The van der Waals surface area contributed by atoms with Crippen LogP contribution in [0.2, 0.25) is 0 Å². The van der Waals surface area contributed by atoms with Gasteiger partial charge in [0.15, 0.2) is 0 Å². The molecule has 1 unspecified atom stereocenters. The fourth-order valence-electron chi connectivity index (χ4n) is 3.65. The molecule has 4 rings (SSSR count). The van der Waals surface area contributed by atoms with Gasteiger partial charge in [0.2, 0.25) is 5.91 Å². The third-order valence-electron chi connectivity index (χ3n) is 5.11. The number of fused-ring (bicyclic) bond motifs is 2. The van der Waals surface area contributed by atoms with Crippen LogP contribution in [0.25, 0.3) is 21.9 Å². The van der Waals surface area contributed by atoms with E-state index in [1.807, 2.05) is 26.8 Å². The van der Waals surface area contributed by atoms with Crippen molar-refractivity contribution in [3.63, 3.8) is 0 Å². The summed E-state index contributed by atoms with van der Waals surface area (Å²) < 4.78 is 6.62. The molecule has 2 aromatic heterocycles. The number of aromatic nitrogens is 2. The summed E-state index contributed by atoms with van der Waals surface area (Å²) in [6, 6.07) is 12.9. The molecule has 0 spiro atoms. The average Bonchev–Trinajstić information content (AvgIpc) is 2.69. The Labute approximate surface area is 172 Å². The quantitative estimate of drug-likeness (QED) is 0.525. The number of hydrogen-bond donors (Lipinski definition) is 1. The summed E-state index contributed by atoms with van der Waals surface area (Å²) in [5.41, 5.74) is 1.54. The maximum atomic E-state index is 13.1. The van der Waals surface area contributed by atoms with Gasteiger partial charge in [0.25, 0.3) is 5.56 Å². The van der Waals surface area contributed by atoms with Crippen LogP contribution in [0.15, 0.2) is 68.9 Å². The van der Waals surface area contributed by atoms with Gasteiger partial charge in [-0.25, -0.2) is 9.78 Å². The number of benzene rings is 2. The molecule has 1 atom stereocenters. The van der Waals surface area contributed by atoms with Crippen molar-refractivity contribution in [1.82, 2.24) is 9.55 Å². The predicted octanol–water partition coefficient (Wildman–Crippen LogP) is 3.65. The van der Waals surface area contributed by atoms with E-state index in [0.29, 0.717) is 22.2 Å². The van der Waals surface area contributed by atoms with Gasteiger partial charge >= 0.3 is 5.63 Å². The number of rotatable bonds is 4. The first-order valence-corrected chi connectivity index (χ1v) is 9.66. The maximum Gasteiger partial charge on any atom is 0.336 e. The fraction of sp³-hybridized carbons (Fsp3) is 0.217. The molecular formula is C23H21N3O4. The van der Waals surface area contributed by atoms with E-state index < -0.39 is 11.7 Å². The Morgan fingerprint density at radius 2 is 1.83 bits per heavy atom. The Balaban J connectivity index is 1.72. The van der Waals surface area contributed by atoms with E-state index >= 15 is 0 Å². The molecule has 0 aliphatic heterocycles. The Morgan fingerprint density at radius 1 is 1.07 bits per heavy atom. The molecule has 0 aliphatic carbocycles. The lowest BCUT2D eigenvalue weighted by Crippen LogP contribution is -2.36. The van der Waals surface area contributed by atoms with E-state index in [1.165, 1.54) is 17.0 Å². The minimum atomic E-state index is -0.755. The Hall–Kier alpha value is -3.74. The van der Waals surface area contributed by atoms with Crippen LogP contribution in [-0.4, -0.2) is 15.5 Å². The van der Waals surface area contributed by atoms with E-state index in [9.17, 15) is 14.4 Å². The largest absolute Gasteiger partial charge is 0.423 e. The predicted molar refractivity (Wildman–Crippen MR) is 116 cm³/mol.